The number of carbonyl (C=O) groups is 1. The Morgan fingerprint density at radius 1 is 1.13 bits per heavy atom. The average Bonchev–Trinajstić information content (AvgIpc) is 2.77. The van der Waals surface area contributed by atoms with Gasteiger partial charge in [-0.1, -0.05) is 42.5 Å². The Morgan fingerprint density at radius 2 is 1.87 bits per heavy atom. The largest absolute Gasteiger partial charge is 0.460 e. The van der Waals surface area contributed by atoms with Crippen molar-refractivity contribution in [2.24, 2.45) is 0 Å². The first-order chi connectivity index (χ1) is 14.5. The van der Waals surface area contributed by atoms with Crippen LogP contribution < -0.4 is 4.74 Å². The molecule has 1 aliphatic heterocycles. The minimum Gasteiger partial charge on any atom is -0.460 e. The summed E-state index contributed by atoms with van der Waals surface area (Å²) in [4.78, 5) is 22.9. The molecule has 0 saturated carbocycles. The smallest absolute Gasteiger partial charge is 0.345 e. The molecular weight excluding hydrogens is 393 g/mol. The van der Waals surface area contributed by atoms with Gasteiger partial charge in [0.25, 0.3) is 5.69 Å². The van der Waals surface area contributed by atoms with Crippen LogP contribution in [0.3, 0.4) is 0 Å². The SMILES string of the molecule is O=C(OCc1cc(F)cc2c1O[C@@H](c1ccccc1)OC2)c1ccccc1[N+](=O)[O-]. The maximum atomic E-state index is 14.1. The average molecular weight is 409 g/mol. The van der Waals surface area contributed by atoms with Gasteiger partial charge in [0, 0.05) is 22.8 Å². The maximum absolute atomic E-state index is 14.1. The van der Waals surface area contributed by atoms with E-state index in [-0.39, 0.29) is 24.5 Å². The van der Waals surface area contributed by atoms with Crippen LogP contribution in [0.25, 0.3) is 0 Å². The summed E-state index contributed by atoms with van der Waals surface area (Å²) in [5.74, 6) is -1.05. The van der Waals surface area contributed by atoms with Crippen LogP contribution in [0.15, 0.2) is 66.7 Å². The minimum atomic E-state index is -0.882. The summed E-state index contributed by atoms with van der Waals surface area (Å²) >= 11 is 0. The topological polar surface area (TPSA) is 87.9 Å². The van der Waals surface area contributed by atoms with E-state index in [9.17, 15) is 19.3 Å². The fourth-order valence-corrected chi connectivity index (χ4v) is 3.19. The van der Waals surface area contributed by atoms with Gasteiger partial charge in [-0.3, -0.25) is 10.1 Å². The third kappa shape index (κ3) is 3.99. The molecule has 3 aromatic rings. The number of nitro groups is 1. The lowest BCUT2D eigenvalue weighted by Gasteiger charge is -2.28. The lowest BCUT2D eigenvalue weighted by atomic mass is 10.1. The molecule has 1 atom stereocenters. The highest BCUT2D eigenvalue weighted by atomic mass is 19.1. The van der Waals surface area contributed by atoms with Crippen LogP contribution in [0.2, 0.25) is 0 Å². The van der Waals surface area contributed by atoms with Crippen molar-refractivity contribution in [3.05, 3.63) is 105 Å². The van der Waals surface area contributed by atoms with Crippen molar-refractivity contribution >= 4 is 11.7 Å². The highest BCUT2D eigenvalue weighted by molar-refractivity contribution is 5.93. The third-order valence-electron chi connectivity index (χ3n) is 4.57. The standard InChI is InChI=1S/C22H16FNO6/c23-17-10-15(12-28-21(25)18-8-4-5-9-19(18)24(26)27)20-16(11-17)13-29-22(30-20)14-6-2-1-3-7-14/h1-11,22H,12-13H2/t22-/m0/s1. The van der Waals surface area contributed by atoms with E-state index in [1.165, 1.54) is 36.4 Å². The third-order valence-corrected chi connectivity index (χ3v) is 4.57. The van der Waals surface area contributed by atoms with Gasteiger partial charge in [-0.05, 0) is 18.2 Å². The van der Waals surface area contributed by atoms with E-state index >= 15 is 0 Å². The maximum Gasteiger partial charge on any atom is 0.345 e. The number of para-hydroxylation sites is 1. The molecule has 0 saturated heterocycles. The molecule has 1 aliphatic rings. The molecule has 0 bridgehead atoms. The number of benzene rings is 3. The van der Waals surface area contributed by atoms with E-state index < -0.39 is 23.0 Å². The van der Waals surface area contributed by atoms with Gasteiger partial charge in [-0.15, -0.1) is 0 Å². The predicted molar refractivity (Wildman–Crippen MR) is 103 cm³/mol. The first-order valence-corrected chi connectivity index (χ1v) is 9.08. The van der Waals surface area contributed by atoms with Crippen LogP contribution in [0, 0.1) is 15.9 Å². The van der Waals surface area contributed by atoms with Crippen molar-refractivity contribution in [2.45, 2.75) is 19.5 Å². The second-order valence-electron chi connectivity index (χ2n) is 6.58. The van der Waals surface area contributed by atoms with E-state index in [1.807, 2.05) is 30.3 Å². The molecule has 0 N–H and O–H groups in total. The second-order valence-corrected chi connectivity index (χ2v) is 6.58. The lowest BCUT2D eigenvalue weighted by molar-refractivity contribution is -0.385. The monoisotopic (exact) mass is 409 g/mol. The van der Waals surface area contributed by atoms with Crippen LogP contribution in [0.4, 0.5) is 10.1 Å². The molecule has 8 heteroatoms. The molecule has 0 amide bonds. The number of hydrogen-bond acceptors (Lipinski definition) is 6. The number of hydrogen-bond donors (Lipinski definition) is 0. The van der Waals surface area contributed by atoms with E-state index in [4.69, 9.17) is 14.2 Å². The van der Waals surface area contributed by atoms with Gasteiger partial charge in [-0.2, -0.15) is 0 Å². The second kappa shape index (κ2) is 8.30. The summed E-state index contributed by atoms with van der Waals surface area (Å²) in [6, 6.07) is 17.2. The number of nitrogens with zero attached hydrogens (tertiary/aromatic N) is 1. The van der Waals surface area contributed by atoms with Crippen LogP contribution >= 0.6 is 0 Å². The molecular formula is C22H16FNO6. The minimum absolute atomic E-state index is 0.123. The Kier molecular flexibility index (Phi) is 5.40. The number of rotatable bonds is 5. The quantitative estimate of drug-likeness (QED) is 0.345. The van der Waals surface area contributed by atoms with Gasteiger partial charge in [-0.25, -0.2) is 9.18 Å². The number of halogens is 1. The number of nitro benzene ring substituents is 1. The number of ether oxygens (including phenoxy) is 3. The molecule has 0 aliphatic carbocycles. The van der Waals surface area contributed by atoms with E-state index in [0.29, 0.717) is 16.9 Å². The van der Waals surface area contributed by atoms with Gasteiger partial charge in [0.15, 0.2) is 0 Å². The van der Waals surface area contributed by atoms with Crippen LogP contribution in [0.5, 0.6) is 5.75 Å². The summed E-state index contributed by atoms with van der Waals surface area (Å²) in [7, 11) is 0. The highest BCUT2D eigenvalue weighted by Crippen LogP contribution is 2.37. The van der Waals surface area contributed by atoms with Crippen molar-refractivity contribution < 1.29 is 28.3 Å². The highest BCUT2D eigenvalue weighted by Gasteiger charge is 2.26. The van der Waals surface area contributed by atoms with Crippen molar-refractivity contribution in [3.8, 4) is 5.75 Å². The summed E-state index contributed by atoms with van der Waals surface area (Å²) in [5.41, 5.74) is 1.03. The zero-order valence-electron chi connectivity index (χ0n) is 15.6. The van der Waals surface area contributed by atoms with Crippen molar-refractivity contribution in [2.75, 3.05) is 0 Å². The number of carbonyl (C=O) groups excluding carboxylic acids is 1. The fourth-order valence-electron chi connectivity index (χ4n) is 3.19. The van der Waals surface area contributed by atoms with Gasteiger partial charge < -0.3 is 14.2 Å². The fraction of sp³-hybridized carbons (Fsp3) is 0.136. The van der Waals surface area contributed by atoms with E-state index in [0.717, 1.165) is 5.56 Å². The first-order valence-electron chi connectivity index (χ1n) is 9.08. The zero-order valence-corrected chi connectivity index (χ0v) is 15.6. The number of esters is 1. The van der Waals surface area contributed by atoms with Gasteiger partial charge in [0.1, 0.15) is 23.7 Å². The Bertz CT molecular complexity index is 1100. The molecule has 0 fully saturated rings. The van der Waals surface area contributed by atoms with Gasteiger partial charge in [0.05, 0.1) is 11.5 Å². The van der Waals surface area contributed by atoms with E-state index in [2.05, 4.69) is 0 Å². The van der Waals surface area contributed by atoms with E-state index in [1.54, 1.807) is 0 Å². The van der Waals surface area contributed by atoms with Crippen molar-refractivity contribution in [3.63, 3.8) is 0 Å². The molecule has 1 heterocycles. The molecule has 0 spiro atoms. The lowest BCUT2D eigenvalue weighted by Crippen LogP contribution is -2.20. The van der Waals surface area contributed by atoms with Crippen molar-refractivity contribution in [1.82, 2.24) is 0 Å². The predicted octanol–water partition coefficient (Wildman–Crippen LogP) is 4.70. The van der Waals surface area contributed by atoms with Gasteiger partial charge in [0.2, 0.25) is 6.29 Å². The summed E-state index contributed by atoms with van der Waals surface area (Å²) in [5, 5.41) is 11.1. The summed E-state index contributed by atoms with van der Waals surface area (Å²) in [6.07, 6.45) is -0.686. The van der Waals surface area contributed by atoms with Crippen LogP contribution in [-0.4, -0.2) is 10.9 Å². The first kappa shape index (κ1) is 19.5. The Labute approximate surface area is 170 Å². The Balaban J connectivity index is 1.57. The summed E-state index contributed by atoms with van der Waals surface area (Å²) < 4.78 is 30.9. The number of fused-ring (bicyclic) bond motifs is 1. The molecule has 0 unspecified atom stereocenters. The Hall–Kier alpha value is -3.78. The van der Waals surface area contributed by atoms with Crippen LogP contribution in [0.1, 0.15) is 33.3 Å². The molecule has 4 rings (SSSR count). The molecule has 152 valence electrons. The molecule has 3 aromatic carbocycles. The summed E-state index contributed by atoms with van der Waals surface area (Å²) in [6.45, 7) is -0.190. The van der Waals surface area contributed by atoms with Crippen molar-refractivity contribution in [1.29, 1.82) is 0 Å². The molecule has 0 aromatic heterocycles. The molecule has 7 nitrogen and oxygen atoms in total. The molecule has 0 radical (unpaired) electrons. The normalized spacial score (nSPS) is 15.0. The molecule has 30 heavy (non-hydrogen) atoms. The Morgan fingerprint density at radius 3 is 2.63 bits per heavy atom. The zero-order chi connectivity index (χ0) is 21.1. The van der Waals surface area contributed by atoms with Crippen LogP contribution in [-0.2, 0) is 22.7 Å². The van der Waals surface area contributed by atoms with Gasteiger partial charge >= 0.3 is 5.97 Å².